The van der Waals surface area contributed by atoms with Crippen molar-refractivity contribution in [2.24, 2.45) is 0 Å². The monoisotopic (exact) mass is 294 g/mol. The Bertz CT molecular complexity index is 687. The molecule has 6 nitrogen and oxygen atoms in total. The number of H-pyrrole nitrogens is 1. The number of nitrogens with one attached hydrogen (secondary N) is 2. The van der Waals surface area contributed by atoms with Crippen molar-refractivity contribution >= 4 is 22.8 Å². The lowest BCUT2D eigenvalue weighted by Crippen LogP contribution is -2.34. The molecule has 1 unspecified atom stereocenters. The molecule has 7 heteroatoms. The van der Waals surface area contributed by atoms with Crippen molar-refractivity contribution in [1.82, 2.24) is 9.55 Å². The van der Waals surface area contributed by atoms with Crippen molar-refractivity contribution in [3.8, 4) is 0 Å². The van der Waals surface area contributed by atoms with Crippen LogP contribution in [0.2, 0.25) is 0 Å². The molecule has 0 spiro atoms. The molecule has 2 aromatic heterocycles. The number of rotatable bonds is 5. The van der Waals surface area contributed by atoms with Crippen LogP contribution in [0.4, 0.5) is 11.5 Å². The first-order valence-electron chi connectivity index (χ1n) is 6.45. The van der Waals surface area contributed by atoms with Crippen molar-refractivity contribution in [2.45, 2.75) is 32.9 Å². The summed E-state index contributed by atoms with van der Waals surface area (Å²) in [5.74, 6) is 0.183. The van der Waals surface area contributed by atoms with Crippen molar-refractivity contribution < 1.29 is 0 Å². The van der Waals surface area contributed by atoms with Crippen LogP contribution < -0.4 is 22.3 Å². The number of nitrogen functional groups attached to an aromatic ring is 1. The Morgan fingerprint density at radius 2 is 2.25 bits per heavy atom. The normalized spacial score (nSPS) is 12.3. The lowest BCUT2D eigenvalue weighted by Gasteiger charge is -2.17. The molecule has 2 rings (SSSR count). The van der Waals surface area contributed by atoms with Crippen LogP contribution in [0.1, 0.15) is 31.9 Å². The van der Waals surface area contributed by atoms with Crippen molar-refractivity contribution in [1.29, 1.82) is 0 Å². The zero-order valence-electron chi connectivity index (χ0n) is 11.5. The van der Waals surface area contributed by atoms with E-state index in [0.29, 0.717) is 6.54 Å². The number of hydrogen-bond acceptors (Lipinski definition) is 5. The molecule has 2 heterocycles. The minimum atomic E-state index is -0.484. The summed E-state index contributed by atoms with van der Waals surface area (Å²) in [5.41, 5.74) is 6.32. The van der Waals surface area contributed by atoms with Crippen LogP contribution in [-0.4, -0.2) is 9.55 Å². The van der Waals surface area contributed by atoms with Gasteiger partial charge >= 0.3 is 5.69 Å². The fourth-order valence-electron chi connectivity index (χ4n) is 1.99. The van der Waals surface area contributed by atoms with Gasteiger partial charge in [-0.15, -0.1) is 0 Å². The fraction of sp³-hybridized carbons (Fsp3) is 0.385. The lowest BCUT2D eigenvalue weighted by molar-refractivity contribution is 0.641. The molecule has 1 atom stereocenters. The highest BCUT2D eigenvalue weighted by molar-refractivity contribution is 7.07. The molecule has 0 fully saturated rings. The first-order chi connectivity index (χ1) is 9.54. The van der Waals surface area contributed by atoms with Gasteiger partial charge < -0.3 is 11.1 Å². The predicted octanol–water partition coefficient (Wildman–Crippen LogP) is 1.76. The van der Waals surface area contributed by atoms with Crippen LogP contribution in [0, 0.1) is 0 Å². The van der Waals surface area contributed by atoms with E-state index in [-0.39, 0.29) is 17.5 Å². The largest absolute Gasteiger partial charge is 0.383 e. The van der Waals surface area contributed by atoms with Crippen LogP contribution in [-0.2, 0) is 6.54 Å². The van der Waals surface area contributed by atoms with Crippen molar-refractivity contribution in [3.05, 3.63) is 43.2 Å². The van der Waals surface area contributed by atoms with E-state index in [9.17, 15) is 9.59 Å². The minimum Gasteiger partial charge on any atom is -0.383 e. The molecule has 0 aliphatic carbocycles. The first-order valence-corrected chi connectivity index (χ1v) is 7.40. The quantitative estimate of drug-likeness (QED) is 0.783. The van der Waals surface area contributed by atoms with E-state index in [2.05, 4.69) is 10.3 Å². The Hall–Kier alpha value is -2.02. The average molecular weight is 294 g/mol. The van der Waals surface area contributed by atoms with Gasteiger partial charge in [0.1, 0.15) is 11.5 Å². The molecule has 20 heavy (non-hydrogen) atoms. The Labute approximate surface area is 120 Å². The maximum absolute atomic E-state index is 11.9. The number of aromatic amines is 1. The second-order valence-corrected chi connectivity index (χ2v) is 5.37. The summed E-state index contributed by atoms with van der Waals surface area (Å²) < 4.78 is 1.38. The maximum atomic E-state index is 11.9. The van der Waals surface area contributed by atoms with Gasteiger partial charge in [-0.25, -0.2) is 4.79 Å². The molecule has 0 radical (unpaired) electrons. The Morgan fingerprint density at radius 3 is 2.85 bits per heavy atom. The summed E-state index contributed by atoms with van der Waals surface area (Å²) in [5, 5.41) is 7.06. The van der Waals surface area contributed by atoms with Gasteiger partial charge in [-0.3, -0.25) is 14.3 Å². The Morgan fingerprint density at radius 1 is 1.50 bits per heavy atom. The third kappa shape index (κ3) is 2.77. The minimum absolute atomic E-state index is 0.0581. The number of nitrogens with two attached hydrogens (primary N) is 1. The van der Waals surface area contributed by atoms with E-state index in [1.54, 1.807) is 11.3 Å². The highest BCUT2D eigenvalue weighted by atomic mass is 32.1. The van der Waals surface area contributed by atoms with Gasteiger partial charge in [-0.05, 0) is 35.7 Å². The van der Waals surface area contributed by atoms with E-state index in [4.69, 9.17) is 5.73 Å². The van der Waals surface area contributed by atoms with Gasteiger partial charge in [0.25, 0.3) is 5.56 Å². The molecule has 0 saturated carbocycles. The topological polar surface area (TPSA) is 92.9 Å². The van der Waals surface area contributed by atoms with E-state index in [0.717, 1.165) is 12.0 Å². The Balaban J connectivity index is 2.39. The van der Waals surface area contributed by atoms with Gasteiger partial charge in [0.15, 0.2) is 0 Å². The maximum Gasteiger partial charge on any atom is 0.330 e. The van der Waals surface area contributed by atoms with Gasteiger partial charge in [0, 0.05) is 12.6 Å². The first kappa shape index (κ1) is 14.4. The van der Waals surface area contributed by atoms with Crippen LogP contribution >= 0.6 is 11.3 Å². The second kappa shape index (κ2) is 5.96. The van der Waals surface area contributed by atoms with E-state index >= 15 is 0 Å². The van der Waals surface area contributed by atoms with Crippen LogP contribution in [0.5, 0.6) is 0 Å². The molecule has 0 bridgehead atoms. The molecule has 0 aliphatic heterocycles. The van der Waals surface area contributed by atoms with Crippen molar-refractivity contribution in [2.75, 3.05) is 11.1 Å². The van der Waals surface area contributed by atoms with Crippen LogP contribution in [0.3, 0.4) is 0 Å². The fourth-order valence-corrected chi connectivity index (χ4v) is 2.75. The van der Waals surface area contributed by atoms with Crippen molar-refractivity contribution in [3.63, 3.8) is 0 Å². The molecule has 4 N–H and O–H groups in total. The molecule has 0 aliphatic rings. The van der Waals surface area contributed by atoms with E-state index in [1.165, 1.54) is 4.57 Å². The number of hydrogen-bond donors (Lipinski definition) is 3. The average Bonchev–Trinajstić information content (AvgIpc) is 2.93. The SMILES string of the molecule is CCCn1c(N)c(NC(C)c2ccsc2)c(=O)[nH]c1=O. The van der Waals surface area contributed by atoms with Gasteiger partial charge in [0.05, 0.1) is 0 Å². The van der Waals surface area contributed by atoms with E-state index < -0.39 is 11.2 Å². The molecule has 0 aromatic carbocycles. The molecule has 2 aromatic rings. The molecular weight excluding hydrogens is 276 g/mol. The third-order valence-corrected chi connectivity index (χ3v) is 3.79. The van der Waals surface area contributed by atoms with Gasteiger partial charge in [-0.1, -0.05) is 6.92 Å². The standard InChI is InChI=1S/C13H18N4O2S/c1-3-5-17-11(14)10(12(18)16-13(17)19)15-8(2)9-4-6-20-7-9/h4,6-8,15H,3,5,14H2,1-2H3,(H,16,18,19). The zero-order chi connectivity index (χ0) is 14.7. The summed E-state index contributed by atoms with van der Waals surface area (Å²) in [6.45, 7) is 4.36. The van der Waals surface area contributed by atoms with Crippen LogP contribution in [0.15, 0.2) is 26.4 Å². The smallest absolute Gasteiger partial charge is 0.330 e. The van der Waals surface area contributed by atoms with E-state index in [1.807, 2.05) is 30.7 Å². The van der Waals surface area contributed by atoms with Gasteiger partial charge in [0.2, 0.25) is 0 Å². The van der Waals surface area contributed by atoms with Gasteiger partial charge in [-0.2, -0.15) is 11.3 Å². The summed E-state index contributed by atoms with van der Waals surface area (Å²) in [7, 11) is 0. The third-order valence-electron chi connectivity index (χ3n) is 3.09. The number of thiophene rings is 1. The molecule has 0 saturated heterocycles. The summed E-state index contributed by atoms with van der Waals surface area (Å²) in [4.78, 5) is 25.9. The molecular formula is C13H18N4O2S. The molecule has 108 valence electrons. The summed E-state index contributed by atoms with van der Waals surface area (Å²) in [6, 6.07) is 1.92. The zero-order valence-corrected chi connectivity index (χ0v) is 12.3. The molecule has 0 amide bonds. The number of anilines is 2. The number of aromatic nitrogens is 2. The Kier molecular flexibility index (Phi) is 4.29. The second-order valence-electron chi connectivity index (χ2n) is 4.59. The summed E-state index contributed by atoms with van der Waals surface area (Å²) >= 11 is 1.59. The predicted molar refractivity (Wildman–Crippen MR) is 82.4 cm³/mol. The number of nitrogens with zero attached hydrogens (tertiary/aromatic N) is 1. The highest BCUT2D eigenvalue weighted by Gasteiger charge is 2.15. The van der Waals surface area contributed by atoms with Crippen LogP contribution in [0.25, 0.3) is 0 Å². The lowest BCUT2D eigenvalue weighted by atomic mass is 10.2. The highest BCUT2D eigenvalue weighted by Crippen LogP contribution is 2.21. The summed E-state index contributed by atoms with van der Waals surface area (Å²) in [6.07, 6.45) is 0.760.